The molecule has 2 N–H and O–H groups in total. The topological polar surface area (TPSA) is 213 Å². The van der Waals surface area contributed by atoms with Crippen molar-refractivity contribution >= 4 is 53.2 Å². The van der Waals surface area contributed by atoms with Crippen LogP contribution in [0, 0.1) is 17.7 Å². The molecule has 16 rings (SSSR count). The van der Waals surface area contributed by atoms with E-state index in [4.69, 9.17) is 24.2 Å². The second-order valence-corrected chi connectivity index (χ2v) is 30.9. The summed E-state index contributed by atoms with van der Waals surface area (Å²) in [7, 11) is -5.19. The van der Waals surface area contributed by atoms with Crippen LogP contribution in [0.5, 0.6) is 11.8 Å². The Labute approximate surface area is 528 Å². The summed E-state index contributed by atoms with van der Waals surface area (Å²) >= 11 is 0. The van der Waals surface area contributed by atoms with E-state index in [2.05, 4.69) is 35.6 Å². The first-order valence-electron chi connectivity index (χ1n) is 32.6. The Kier molecular flexibility index (Phi) is 19.3. The zero-order valence-corrected chi connectivity index (χ0v) is 53.7. The van der Waals surface area contributed by atoms with Crippen molar-refractivity contribution in [2.75, 3.05) is 99.8 Å². The lowest BCUT2D eigenvalue weighted by Crippen LogP contribution is -2.48. The van der Waals surface area contributed by atoms with Crippen LogP contribution in [0.3, 0.4) is 0 Å². The zero-order chi connectivity index (χ0) is 63.8. The molecule has 18 nitrogen and oxygen atoms in total. The van der Waals surface area contributed by atoms with E-state index in [9.17, 15) is 21.6 Å². The van der Waals surface area contributed by atoms with Crippen LogP contribution >= 0.6 is 0 Å². The number of rotatable bonds is 4. The standard InChI is InChI=1S/C66H83F5N10O8S2/c1-41-47-31-48(33-50(32-47)65(68,69)36-43-37-80(38-43)21-7-8-25-88-26-10-22-81-61-55(59(74-41)72-40-73-61)35-53(64(81)82)45-18-29-91(85,86)30-19-45)46-11-5-4-6-20-79-23-14-49(15-24-79)66(70,71)56-13-9-12-51(57(56)67)42(2)75-60-54-34-52(44-16-27-90(83,84)28-17-44)62(89-39-46)76-58(54)63(87-3)78-77-60/h9,12-13,31-35,40-46,49H,4-8,10-11,14-30,36-39H2,1-3H3,(H,75,77)(H,72,73,74)/t41-,42-,46?/m1/s1. The lowest BCUT2D eigenvalue weighted by Gasteiger charge is -2.41. The minimum Gasteiger partial charge on any atom is -0.478 e. The molecular formula is C66H83F5N10O8S2. The van der Waals surface area contributed by atoms with Gasteiger partial charge in [-0.25, -0.2) is 53.7 Å². The van der Waals surface area contributed by atoms with Crippen LogP contribution in [0.1, 0.15) is 173 Å². The number of fused-ring (bicyclic) bond motifs is 9. The minimum atomic E-state index is -3.45. The van der Waals surface area contributed by atoms with Crippen LogP contribution in [-0.2, 0) is 42.8 Å². The summed E-state index contributed by atoms with van der Waals surface area (Å²) in [6.45, 7) is 8.03. The number of hydrogen-bond donors (Lipinski definition) is 2. The molecule has 0 saturated carbocycles. The molecular weight excluding hydrogens is 1220 g/mol. The second kappa shape index (κ2) is 27.1. The van der Waals surface area contributed by atoms with Gasteiger partial charge in [0, 0.05) is 79.4 Å². The van der Waals surface area contributed by atoms with E-state index < -0.39 is 66.8 Å². The van der Waals surface area contributed by atoms with Crippen LogP contribution in [-0.4, -0.2) is 146 Å². The number of hydrogen-bond acceptors (Lipinski definition) is 17. The van der Waals surface area contributed by atoms with Crippen molar-refractivity contribution in [2.24, 2.45) is 11.8 Å². The Morgan fingerprint density at radius 2 is 1.33 bits per heavy atom. The highest BCUT2D eigenvalue weighted by molar-refractivity contribution is 7.91. The molecule has 0 aliphatic carbocycles. The van der Waals surface area contributed by atoms with E-state index in [0.29, 0.717) is 110 Å². The van der Waals surface area contributed by atoms with Crippen molar-refractivity contribution in [2.45, 2.75) is 152 Å². The Morgan fingerprint density at radius 3 is 2.07 bits per heavy atom. The molecule has 4 fully saturated rings. The maximum atomic E-state index is 17.5. The number of sulfone groups is 2. The predicted molar refractivity (Wildman–Crippen MR) is 339 cm³/mol. The van der Waals surface area contributed by atoms with Crippen molar-refractivity contribution in [1.82, 2.24) is 39.5 Å². The van der Waals surface area contributed by atoms with E-state index >= 15 is 22.0 Å². The third-order valence-electron chi connectivity index (χ3n) is 20.0. The maximum absolute atomic E-state index is 17.5. The number of aryl methyl sites for hydroxylation is 1. The summed E-state index contributed by atoms with van der Waals surface area (Å²) in [6.07, 6.45) is 7.17. The first-order valence-corrected chi connectivity index (χ1v) is 36.2. The van der Waals surface area contributed by atoms with Gasteiger partial charge in [-0.05, 0) is 164 Å². The average molecular weight is 1300 g/mol. The summed E-state index contributed by atoms with van der Waals surface area (Å²) in [6, 6.07) is 11.2. The van der Waals surface area contributed by atoms with Crippen LogP contribution < -0.4 is 25.7 Å². The van der Waals surface area contributed by atoms with Crippen LogP contribution in [0.4, 0.5) is 33.6 Å². The van der Waals surface area contributed by atoms with Crippen LogP contribution in [0.25, 0.3) is 21.9 Å². The zero-order valence-electron chi connectivity index (χ0n) is 52.1. The largest absolute Gasteiger partial charge is 0.478 e. The molecule has 3 atom stereocenters. The number of benzene rings is 2. The van der Waals surface area contributed by atoms with Gasteiger partial charge in [-0.2, -0.15) is 0 Å². The highest BCUT2D eigenvalue weighted by atomic mass is 32.2. The number of piperidine rings is 1. The van der Waals surface area contributed by atoms with E-state index in [1.165, 1.54) is 25.6 Å². The number of aromatic nitrogens is 6. The smallest absolute Gasteiger partial charge is 0.278 e. The normalized spacial score (nSPS) is 27.1. The van der Waals surface area contributed by atoms with Gasteiger partial charge >= 0.3 is 0 Å². The van der Waals surface area contributed by atoms with Gasteiger partial charge in [0.05, 0.1) is 59.1 Å². The summed E-state index contributed by atoms with van der Waals surface area (Å²) in [5.74, 6) is -9.80. The van der Waals surface area contributed by atoms with Crippen molar-refractivity contribution in [3.05, 3.63) is 110 Å². The summed E-state index contributed by atoms with van der Waals surface area (Å²) in [5.41, 5.74) is 1.71. The monoisotopic (exact) mass is 1300 g/mol. The van der Waals surface area contributed by atoms with Gasteiger partial charge in [-0.1, -0.05) is 37.1 Å². The Morgan fingerprint density at radius 1 is 0.659 bits per heavy atom. The minimum absolute atomic E-state index is 0.00366. The predicted octanol–water partition coefficient (Wildman–Crippen LogP) is 11.4. The third-order valence-corrected chi connectivity index (χ3v) is 23.5. The van der Waals surface area contributed by atoms with Crippen LogP contribution in [0.2, 0.25) is 0 Å². The Hall–Kier alpha value is -6.15. The Bertz CT molecular complexity index is 3900. The maximum Gasteiger partial charge on any atom is 0.278 e. The highest BCUT2D eigenvalue weighted by Gasteiger charge is 2.46. The molecule has 16 bridgehead atoms. The number of methoxy groups -OCH3 is 1. The second-order valence-electron chi connectivity index (χ2n) is 26.3. The van der Waals surface area contributed by atoms with Crippen molar-refractivity contribution in [3.8, 4) is 11.8 Å². The number of ether oxygens (including phenoxy) is 3. The molecule has 492 valence electrons. The molecule has 0 amide bonds. The van der Waals surface area contributed by atoms with E-state index in [0.717, 1.165) is 38.3 Å². The molecule has 14 heterocycles. The van der Waals surface area contributed by atoms with Crippen molar-refractivity contribution in [1.29, 1.82) is 0 Å². The summed E-state index contributed by atoms with van der Waals surface area (Å²) < 4.78 is 157. The fourth-order valence-electron chi connectivity index (χ4n) is 14.6. The summed E-state index contributed by atoms with van der Waals surface area (Å²) in [5, 5.41) is 16.5. The van der Waals surface area contributed by atoms with Gasteiger partial charge in [0.1, 0.15) is 48.8 Å². The highest BCUT2D eigenvalue weighted by Crippen LogP contribution is 2.46. The number of anilines is 2. The van der Waals surface area contributed by atoms with Crippen LogP contribution in [0.15, 0.2) is 59.7 Å². The number of halogens is 5. The van der Waals surface area contributed by atoms with Gasteiger partial charge in [0.15, 0.2) is 5.82 Å². The van der Waals surface area contributed by atoms with Crippen molar-refractivity contribution < 1.29 is 53.0 Å². The lowest BCUT2D eigenvalue weighted by atomic mass is 9.85. The molecule has 0 spiro atoms. The van der Waals surface area contributed by atoms with Gasteiger partial charge < -0.3 is 34.6 Å². The van der Waals surface area contributed by atoms with E-state index in [1.54, 1.807) is 35.8 Å². The SMILES string of the molecule is COc1nnc2c3cc(C4CCS(=O)(=O)CC4)c(nc13)OCC(c1cc3cc(c1)C(F)(F)CC1CN(CCCCOCCCn4c(=O)c(C5CCS(=O)(=O)CC5)cc5c(ncnc54)N[C@@H]3C)C1)CCCCCN1CCC(CC1)C(F)(F)c1cccc(c1F)[C@@H](C)N2. The number of pyridine rings is 2. The molecule has 4 saturated heterocycles. The molecule has 25 heteroatoms. The van der Waals surface area contributed by atoms with Gasteiger partial charge in [0.2, 0.25) is 5.88 Å². The number of nitrogens with zero attached hydrogens (tertiary/aromatic N) is 8. The molecule has 91 heavy (non-hydrogen) atoms. The molecule has 10 aliphatic heterocycles. The molecule has 2 aromatic carbocycles. The van der Waals surface area contributed by atoms with E-state index in [-0.39, 0.29) is 139 Å². The van der Waals surface area contributed by atoms with E-state index in [1.807, 2.05) is 13.0 Å². The molecule has 6 aromatic rings. The average Bonchev–Trinajstić information content (AvgIpc) is 1.06. The number of alkyl halides is 4. The fourth-order valence-corrected chi connectivity index (χ4v) is 17.6. The molecule has 10 aliphatic rings. The van der Waals surface area contributed by atoms with Gasteiger partial charge in [-0.15, -0.1) is 10.2 Å². The fraction of sp³-hybridized carbons (Fsp3) is 0.606. The first kappa shape index (κ1) is 64.9. The molecule has 1 unspecified atom stereocenters. The van der Waals surface area contributed by atoms with Gasteiger partial charge in [0.25, 0.3) is 23.3 Å². The van der Waals surface area contributed by atoms with Crippen molar-refractivity contribution in [3.63, 3.8) is 0 Å². The summed E-state index contributed by atoms with van der Waals surface area (Å²) in [4.78, 5) is 33.4. The Balaban J connectivity index is 0.953. The van der Waals surface area contributed by atoms with Gasteiger partial charge in [-0.3, -0.25) is 9.36 Å². The molecule has 4 aromatic heterocycles. The first-order chi connectivity index (χ1) is 43.6. The number of nitrogens with one attached hydrogen (secondary N) is 2. The quantitative estimate of drug-likeness (QED) is 0.157. The lowest BCUT2D eigenvalue weighted by molar-refractivity contribution is -0.0880. The third kappa shape index (κ3) is 14.4. The molecule has 0 radical (unpaired) electrons.